The number of benzene rings is 1. The van der Waals surface area contributed by atoms with Crippen LogP contribution in [0.5, 0.6) is 5.75 Å². The van der Waals surface area contributed by atoms with Crippen molar-refractivity contribution in [3.63, 3.8) is 0 Å². The first kappa shape index (κ1) is 26.9. The molecular formula is C21H29N4O9P. The van der Waals surface area contributed by atoms with E-state index in [1.54, 1.807) is 44.2 Å². The predicted molar refractivity (Wildman–Crippen MR) is 121 cm³/mol. The van der Waals surface area contributed by atoms with Crippen molar-refractivity contribution in [1.82, 2.24) is 19.6 Å². The highest BCUT2D eigenvalue weighted by Crippen LogP contribution is 2.46. The first-order chi connectivity index (χ1) is 16.4. The highest BCUT2D eigenvalue weighted by atomic mass is 31.2. The summed E-state index contributed by atoms with van der Waals surface area (Å²) >= 11 is 0. The molecule has 0 unspecified atom stereocenters. The number of nitrogens with zero attached hydrogens (tertiary/aromatic N) is 3. The molecule has 2 aromatic rings. The first-order valence-corrected chi connectivity index (χ1v) is 12.4. The molecule has 3 rings (SSSR count). The Labute approximate surface area is 201 Å². The third-order valence-electron chi connectivity index (χ3n) is 5.09. The van der Waals surface area contributed by atoms with Crippen LogP contribution in [0.2, 0.25) is 0 Å². The number of esters is 1. The standard InChI is InChI=1S/C21H29N4O9P/c1-13(2)32-18(27)14(3)24-35(30,34-15-8-6-5-7-9-15)31-10-16-17(26)21(4,29)19(33-16)25-12-22-11-23-20(25)28/h5-9,11-14,16-17,19,26,29H,10H2,1-4H3,(H,24,30)/t14-,16+,17+,19+,21+,35-/m0/s1. The van der Waals surface area contributed by atoms with Gasteiger partial charge in [-0.05, 0) is 39.8 Å². The normalized spacial score (nSPS) is 26.8. The first-order valence-electron chi connectivity index (χ1n) is 10.8. The summed E-state index contributed by atoms with van der Waals surface area (Å²) in [5, 5.41) is 24.0. The zero-order chi connectivity index (χ0) is 25.8. The van der Waals surface area contributed by atoms with Crippen LogP contribution in [0.25, 0.3) is 0 Å². The second-order valence-electron chi connectivity index (χ2n) is 8.43. The van der Waals surface area contributed by atoms with Gasteiger partial charge in [0.15, 0.2) is 6.23 Å². The lowest BCUT2D eigenvalue weighted by Gasteiger charge is -2.27. The van der Waals surface area contributed by atoms with Gasteiger partial charge in [-0.3, -0.25) is 13.9 Å². The van der Waals surface area contributed by atoms with E-state index >= 15 is 0 Å². The highest BCUT2D eigenvalue weighted by molar-refractivity contribution is 7.52. The van der Waals surface area contributed by atoms with E-state index in [1.165, 1.54) is 13.8 Å². The van der Waals surface area contributed by atoms with Gasteiger partial charge >= 0.3 is 19.4 Å². The smallest absolute Gasteiger partial charge is 0.459 e. The second kappa shape index (κ2) is 10.9. The van der Waals surface area contributed by atoms with E-state index in [2.05, 4.69) is 15.1 Å². The zero-order valence-corrected chi connectivity index (χ0v) is 20.6. The molecule has 0 aliphatic carbocycles. The molecule has 13 nitrogen and oxygen atoms in total. The number of aliphatic hydroxyl groups is 2. The van der Waals surface area contributed by atoms with Crippen LogP contribution in [-0.4, -0.2) is 67.3 Å². The molecule has 3 N–H and O–H groups in total. The second-order valence-corrected chi connectivity index (χ2v) is 10.1. The Balaban J connectivity index is 1.78. The maximum atomic E-state index is 13.6. The lowest BCUT2D eigenvalue weighted by Crippen LogP contribution is -2.46. The van der Waals surface area contributed by atoms with Crippen LogP contribution < -0.4 is 15.3 Å². The number of hydrogen-bond donors (Lipinski definition) is 3. The molecule has 1 saturated heterocycles. The van der Waals surface area contributed by atoms with Crippen LogP contribution in [0, 0.1) is 0 Å². The number of carbonyl (C=O) groups is 1. The summed E-state index contributed by atoms with van der Waals surface area (Å²) < 4.78 is 36.4. The number of aliphatic hydroxyl groups excluding tert-OH is 1. The summed E-state index contributed by atoms with van der Waals surface area (Å²) in [6.45, 7) is 5.51. The van der Waals surface area contributed by atoms with Crippen molar-refractivity contribution in [3.8, 4) is 5.75 Å². The maximum absolute atomic E-state index is 13.6. The van der Waals surface area contributed by atoms with Gasteiger partial charge in [-0.15, -0.1) is 0 Å². The Kier molecular flexibility index (Phi) is 8.42. The minimum Gasteiger partial charge on any atom is -0.462 e. The zero-order valence-electron chi connectivity index (χ0n) is 19.7. The Hall–Kier alpha value is -2.67. The molecule has 1 aromatic heterocycles. The number of rotatable bonds is 10. The molecule has 6 atom stereocenters. The average molecular weight is 512 g/mol. The molecule has 1 fully saturated rings. The molecule has 14 heteroatoms. The summed E-state index contributed by atoms with van der Waals surface area (Å²) in [5.41, 5.74) is -2.69. The summed E-state index contributed by atoms with van der Waals surface area (Å²) in [6, 6.07) is 7.05. The number of carbonyl (C=O) groups excluding carboxylic acids is 1. The summed E-state index contributed by atoms with van der Waals surface area (Å²) in [7, 11) is -4.23. The molecule has 1 aliphatic rings. The molecule has 1 aromatic carbocycles. The van der Waals surface area contributed by atoms with Crippen LogP contribution in [0.15, 0.2) is 47.8 Å². The van der Waals surface area contributed by atoms with Gasteiger partial charge in [0.2, 0.25) is 0 Å². The summed E-state index contributed by atoms with van der Waals surface area (Å²) in [4.78, 5) is 31.6. The quantitative estimate of drug-likeness (QED) is 0.302. The number of nitrogens with one attached hydrogen (secondary N) is 1. The van der Waals surface area contributed by atoms with Crippen molar-refractivity contribution in [2.24, 2.45) is 0 Å². The topological polar surface area (TPSA) is 171 Å². The fraction of sp³-hybridized carbons (Fsp3) is 0.524. The van der Waals surface area contributed by atoms with E-state index in [1.807, 2.05) is 0 Å². The van der Waals surface area contributed by atoms with E-state index < -0.39 is 62.2 Å². The van der Waals surface area contributed by atoms with Crippen molar-refractivity contribution in [2.45, 2.75) is 63.9 Å². The Morgan fingerprint density at radius 2 is 2.00 bits per heavy atom. The maximum Gasteiger partial charge on any atom is 0.459 e. The van der Waals surface area contributed by atoms with Crippen molar-refractivity contribution in [2.75, 3.05) is 6.61 Å². The highest BCUT2D eigenvalue weighted by Gasteiger charge is 2.54. The lowest BCUT2D eigenvalue weighted by molar-refractivity contribution is -0.149. The fourth-order valence-electron chi connectivity index (χ4n) is 3.34. The molecule has 0 radical (unpaired) electrons. The van der Waals surface area contributed by atoms with Crippen LogP contribution >= 0.6 is 7.75 Å². The average Bonchev–Trinajstić information content (AvgIpc) is 3.01. The third-order valence-corrected chi connectivity index (χ3v) is 6.73. The number of para-hydroxylation sites is 1. The molecular weight excluding hydrogens is 483 g/mol. The van der Waals surface area contributed by atoms with E-state index in [0.29, 0.717) is 0 Å². The van der Waals surface area contributed by atoms with Crippen LogP contribution in [0.1, 0.15) is 33.9 Å². The number of ether oxygens (including phenoxy) is 2. The van der Waals surface area contributed by atoms with Gasteiger partial charge in [-0.2, -0.15) is 10.1 Å². The fourth-order valence-corrected chi connectivity index (χ4v) is 4.85. The van der Waals surface area contributed by atoms with Gasteiger partial charge in [0.1, 0.15) is 42.3 Å². The monoisotopic (exact) mass is 512 g/mol. The van der Waals surface area contributed by atoms with Crippen molar-refractivity contribution in [3.05, 3.63) is 53.5 Å². The van der Waals surface area contributed by atoms with E-state index in [-0.39, 0.29) is 5.75 Å². The van der Waals surface area contributed by atoms with Gasteiger partial charge in [-0.25, -0.2) is 14.3 Å². The van der Waals surface area contributed by atoms with E-state index in [4.69, 9.17) is 18.5 Å². The van der Waals surface area contributed by atoms with Crippen LogP contribution in [0.3, 0.4) is 0 Å². The number of hydrogen-bond acceptors (Lipinski definition) is 11. The third kappa shape index (κ3) is 6.51. The SMILES string of the molecule is CC(C)OC(=O)[C@H](C)N[P@](=O)(OC[C@H]1O[C@@H](n2cncnc2=O)[C@](C)(O)[C@@H]1O)Oc1ccccc1. The summed E-state index contributed by atoms with van der Waals surface area (Å²) in [6.07, 6.45) is -2.37. The van der Waals surface area contributed by atoms with Crippen molar-refractivity contribution < 1.29 is 38.1 Å². The molecule has 35 heavy (non-hydrogen) atoms. The van der Waals surface area contributed by atoms with Gasteiger partial charge in [-0.1, -0.05) is 18.2 Å². The lowest BCUT2D eigenvalue weighted by atomic mass is 9.97. The Morgan fingerprint density at radius 3 is 2.63 bits per heavy atom. The molecule has 1 aliphatic heterocycles. The Morgan fingerprint density at radius 1 is 1.31 bits per heavy atom. The van der Waals surface area contributed by atoms with Crippen molar-refractivity contribution >= 4 is 13.7 Å². The van der Waals surface area contributed by atoms with Crippen LogP contribution in [0.4, 0.5) is 0 Å². The molecule has 0 amide bonds. The molecule has 0 spiro atoms. The van der Waals surface area contributed by atoms with E-state index in [0.717, 1.165) is 17.2 Å². The molecule has 0 bridgehead atoms. The van der Waals surface area contributed by atoms with Gasteiger partial charge in [0.25, 0.3) is 0 Å². The van der Waals surface area contributed by atoms with Gasteiger partial charge < -0.3 is 24.2 Å². The van der Waals surface area contributed by atoms with Crippen LogP contribution in [-0.2, 0) is 23.4 Å². The predicted octanol–water partition coefficient (Wildman–Crippen LogP) is 0.781. The molecule has 192 valence electrons. The molecule has 2 heterocycles. The Bertz CT molecular complexity index is 1110. The van der Waals surface area contributed by atoms with Gasteiger partial charge in [0, 0.05) is 0 Å². The minimum absolute atomic E-state index is 0.193. The minimum atomic E-state index is -4.23. The summed E-state index contributed by atoms with van der Waals surface area (Å²) in [5.74, 6) is -0.484. The van der Waals surface area contributed by atoms with Crippen molar-refractivity contribution in [1.29, 1.82) is 0 Å². The van der Waals surface area contributed by atoms with Gasteiger partial charge in [0.05, 0.1) is 12.7 Å². The number of aromatic nitrogens is 3. The van der Waals surface area contributed by atoms with E-state index in [9.17, 15) is 24.4 Å². The largest absolute Gasteiger partial charge is 0.462 e. The molecule has 0 saturated carbocycles.